The summed E-state index contributed by atoms with van der Waals surface area (Å²) in [6.07, 6.45) is 0. The fraction of sp³-hybridized carbons (Fsp3) is 0.182. The van der Waals surface area contributed by atoms with Gasteiger partial charge in [-0.25, -0.2) is 0 Å². The third-order valence-corrected chi connectivity index (χ3v) is 2.32. The van der Waals surface area contributed by atoms with Crippen LogP contribution in [-0.2, 0) is 0 Å². The minimum absolute atomic E-state index is 1.07. The van der Waals surface area contributed by atoms with Gasteiger partial charge in [0.15, 0.2) is 0 Å². The summed E-state index contributed by atoms with van der Waals surface area (Å²) in [7, 11) is 0. The average molecular weight is 172 g/mol. The zero-order chi connectivity index (χ0) is 9.26. The Morgan fingerprint density at radius 1 is 1.08 bits per heavy atom. The van der Waals surface area contributed by atoms with Crippen LogP contribution in [0.5, 0.6) is 0 Å². The summed E-state index contributed by atoms with van der Waals surface area (Å²) in [6, 6.07) is 10.2. The standard InChI is InChI=1S/C11H12N2/c1-8-9(2)12-13-11(8)10-6-4-3-5-7-10/h3-7H,1-2H3,(H,12,13). The Kier molecular flexibility index (Phi) is 1.89. The molecule has 0 spiro atoms. The molecular formula is C11H12N2. The van der Waals surface area contributed by atoms with Gasteiger partial charge in [0.2, 0.25) is 0 Å². The monoisotopic (exact) mass is 172 g/mol. The van der Waals surface area contributed by atoms with E-state index in [1.165, 1.54) is 11.1 Å². The maximum Gasteiger partial charge on any atom is 0.0682 e. The molecule has 2 rings (SSSR count). The van der Waals surface area contributed by atoms with E-state index >= 15 is 0 Å². The lowest BCUT2D eigenvalue weighted by molar-refractivity contribution is 1.05. The Balaban J connectivity index is 2.53. The van der Waals surface area contributed by atoms with E-state index in [-0.39, 0.29) is 0 Å². The molecule has 0 bridgehead atoms. The summed E-state index contributed by atoms with van der Waals surface area (Å²) >= 11 is 0. The zero-order valence-corrected chi connectivity index (χ0v) is 7.83. The number of H-pyrrole nitrogens is 1. The molecular weight excluding hydrogens is 160 g/mol. The number of aryl methyl sites for hydroxylation is 1. The first-order valence-corrected chi connectivity index (χ1v) is 4.36. The number of hydrogen-bond acceptors (Lipinski definition) is 1. The SMILES string of the molecule is Cc1n[nH]c(-c2ccccc2)c1C. The van der Waals surface area contributed by atoms with Crippen molar-refractivity contribution in [2.24, 2.45) is 0 Å². The summed E-state index contributed by atoms with van der Waals surface area (Å²) in [5, 5.41) is 7.21. The summed E-state index contributed by atoms with van der Waals surface area (Å²) in [5.74, 6) is 0. The van der Waals surface area contributed by atoms with Gasteiger partial charge in [0, 0.05) is 0 Å². The van der Waals surface area contributed by atoms with Crippen molar-refractivity contribution in [3.8, 4) is 11.3 Å². The minimum Gasteiger partial charge on any atom is -0.277 e. The number of nitrogens with one attached hydrogen (secondary N) is 1. The molecule has 0 aliphatic carbocycles. The molecule has 0 saturated heterocycles. The van der Waals surface area contributed by atoms with Crippen molar-refractivity contribution in [1.29, 1.82) is 0 Å². The highest BCUT2D eigenvalue weighted by Crippen LogP contribution is 2.21. The van der Waals surface area contributed by atoms with Crippen LogP contribution in [0.15, 0.2) is 30.3 Å². The average Bonchev–Trinajstić information content (AvgIpc) is 2.49. The number of aromatic amines is 1. The molecule has 2 aromatic rings. The molecule has 2 heteroatoms. The second-order valence-corrected chi connectivity index (χ2v) is 3.18. The highest BCUT2D eigenvalue weighted by Gasteiger charge is 2.05. The Hall–Kier alpha value is -1.57. The van der Waals surface area contributed by atoms with E-state index in [1.807, 2.05) is 25.1 Å². The molecule has 0 radical (unpaired) electrons. The molecule has 1 heterocycles. The molecule has 0 amide bonds. The number of benzene rings is 1. The van der Waals surface area contributed by atoms with Gasteiger partial charge >= 0.3 is 0 Å². The van der Waals surface area contributed by atoms with Gasteiger partial charge < -0.3 is 0 Å². The Morgan fingerprint density at radius 2 is 1.77 bits per heavy atom. The van der Waals surface area contributed by atoms with Gasteiger partial charge in [-0.15, -0.1) is 0 Å². The number of rotatable bonds is 1. The van der Waals surface area contributed by atoms with Gasteiger partial charge in [0.05, 0.1) is 11.4 Å². The third kappa shape index (κ3) is 1.35. The van der Waals surface area contributed by atoms with Crippen molar-refractivity contribution < 1.29 is 0 Å². The normalized spacial score (nSPS) is 10.3. The van der Waals surface area contributed by atoms with E-state index in [9.17, 15) is 0 Å². The highest BCUT2D eigenvalue weighted by molar-refractivity contribution is 5.63. The first kappa shape index (κ1) is 8.05. The largest absolute Gasteiger partial charge is 0.277 e. The molecule has 0 atom stereocenters. The van der Waals surface area contributed by atoms with Crippen molar-refractivity contribution in [3.63, 3.8) is 0 Å². The van der Waals surface area contributed by atoms with Gasteiger partial charge in [-0.1, -0.05) is 30.3 Å². The molecule has 0 unspecified atom stereocenters. The number of aromatic nitrogens is 2. The predicted octanol–water partition coefficient (Wildman–Crippen LogP) is 2.69. The topological polar surface area (TPSA) is 28.7 Å². The van der Waals surface area contributed by atoms with Crippen LogP contribution in [0, 0.1) is 13.8 Å². The first-order valence-electron chi connectivity index (χ1n) is 4.36. The van der Waals surface area contributed by atoms with Crippen LogP contribution in [0.25, 0.3) is 11.3 Å². The van der Waals surface area contributed by atoms with Crippen LogP contribution < -0.4 is 0 Å². The van der Waals surface area contributed by atoms with E-state index in [2.05, 4.69) is 29.3 Å². The van der Waals surface area contributed by atoms with Crippen LogP contribution in [0.4, 0.5) is 0 Å². The summed E-state index contributed by atoms with van der Waals surface area (Å²) < 4.78 is 0. The second kappa shape index (κ2) is 3.05. The van der Waals surface area contributed by atoms with Crippen molar-refractivity contribution in [2.75, 3.05) is 0 Å². The van der Waals surface area contributed by atoms with Crippen LogP contribution in [-0.4, -0.2) is 10.2 Å². The van der Waals surface area contributed by atoms with Gasteiger partial charge in [-0.05, 0) is 25.0 Å². The molecule has 1 N–H and O–H groups in total. The van der Waals surface area contributed by atoms with Gasteiger partial charge in [0.25, 0.3) is 0 Å². The molecule has 13 heavy (non-hydrogen) atoms. The summed E-state index contributed by atoms with van der Waals surface area (Å²) in [4.78, 5) is 0. The van der Waals surface area contributed by atoms with E-state index in [0.29, 0.717) is 0 Å². The molecule has 0 fully saturated rings. The highest BCUT2D eigenvalue weighted by atomic mass is 15.1. The third-order valence-electron chi connectivity index (χ3n) is 2.32. The Labute approximate surface area is 77.6 Å². The van der Waals surface area contributed by atoms with Crippen LogP contribution in [0.3, 0.4) is 0 Å². The molecule has 0 aliphatic heterocycles. The lowest BCUT2D eigenvalue weighted by atomic mass is 10.1. The zero-order valence-electron chi connectivity index (χ0n) is 7.83. The number of nitrogens with zero attached hydrogens (tertiary/aromatic N) is 1. The molecule has 1 aromatic carbocycles. The Bertz CT molecular complexity index is 401. The maximum atomic E-state index is 4.17. The fourth-order valence-corrected chi connectivity index (χ4v) is 1.37. The molecule has 0 saturated carbocycles. The lowest BCUT2D eigenvalue weighted by Crippen LogP contribution is -1.79. The van der Waals surface area contributed by atoms with Crippen molar-refractivity contribution in [3.05, 3.63) is 41.6 Å². The molecule has 2 nitrogen and oxygen atoms in total. The van der Waals surface area contributed by atoms with Gasteiger partial charge in [-0.3, -0.25) is 5.10 Å². The first-order chi connectivity index (χ1) is 6.29. The van der Waals surface area contributed by atoms with Crippen LogP contribution in [0.1, 0.15) is 11.3 Å². The maximum absolute atomic E-state index is 4.17. The quantitative estimate of drug-likeness (QED) is 0.704. The fourth-order valence-electron chi connectivity index (χ4n) is 1.37. The van der Waals surface area contributed by atoms with Crippen LogP contribution >= 0.6 is 0 Å². The van der Waals surface area contributed by atoms with Crippen LogP contribution in [0.2, 0.25) is 0 Å². The van der Waals surface area contributed by atoms with Crippen molar-refractivity contribution >= 4 is 0 Å². The molecule has 66 valence electrons. The second-order valence-electron chi connectivity index (χ2n) is 3.18. The Morgan fingerprint density at radius 3 is 2.31 bits per heavy atom. The van der Waals surface area contributed by atoms with E-state index in [1.54, 1.807) is 0 Å². The summed E-state index contributed by atoms with van der Waals surface area (Å²) in [6.45, 7) is 4.10. The van der Waals surface area contributed by atoms with Gasteiger partial charge in [0.1, 0.15) is 0 Å². The predicted molar refractivity (Wildman–Crippen MR) is 53.5 cm³/mol. The smallest absolute Gasteiger partial charge is 0.0682 e. The van der Waals surface area contributed by atoms with E-state index in [0.717, 1.165) is 11.4 Å². The number of hydrogen-bond donors (Lipinski definition) is 1. The van der Waals surface area contributed by atoms with Crippen molar-refractivity contribution in [1.82, 2.24) is 10.2 Å². The van der Waals surface area contributed by atoms with Crippen molar-refractivity contribution in [2.45, 2.75) is 13.8 Å². The lowest BCUT2D eigenvalue weighted by Gasteiger charge is -1.97. The van der Waals surface area contributed by atoms with E-state index in [4.69, 9.17) is 0 Å². The molecule has 0 aliphatic rings. The van der Waals surface area contributed by atoms with Gasteiger partial charge in [-0.2, -0.15) is 5.10 Å². The minimum atomic E-state index is 1.07. The molecule has 1 aromatic heterocycles. The van der Waals surface area contributed by atoms with E-state index < -0.39 is 0 Å². The summed E-state index contributed by atoms with van der Waals surface area (Å²) in [5.41, 5.74) is 4.61.